The van der Waals surface area contributed by atoms with Crippen molar-refractivity contribution in [3.8, 4) is 11.5 Å². The predicted octanol–water partition coefficient (Wildman–Crippen LogP) is 1.34. The third kappa shape index (κ3) is 2.83. The maximum absolute atomic E-state index is 13.0. The smallest absolute Gasteiger partial charge is 0.339 e. The zero-order valence-electron chi connectivity index (χ0n) is 8.77. The van der Waals surface area contributed by atoms with Crippen LogP contribution in [0.5, 0.6) is 11.5 Å². The van der Waals surface area contributed by atoms with Gasteiger partial charge >= 0.3 is 10.2 Å². The lowest BCUT2D eigenvalue weighted by atomic mass is 10.3. The van der Waals surface area contributed by atoms with Gasteiger partial charge in [0, 0.05) is 7.11 Å². The Morgan fingerprint density at radius 1 is 1.25 bits per heavy atom. The SMILES string of the molecule is COCOc1cccc(OC)c1S(=O)(=O)F. The van der Waals surface area contributed by atoms with E-state index in [1.54, 1.807) is 0 Å². The minimum atomic E-state index is -4.91. The lowest BCUT2D eigenvalue weighted by Crippen LogP contribution is -2.05. The summed E-state index contributed by atoms with van der Waals surface area (Å²) in [4.78, 5) is -0.630. The Kier molecular flexibility index (Phi) is 4.08. The van der Waals surface area contributed by atoms with Crippen molar-refractivity contribution in [1.29, 1.82) is 0 Å². The molecule has 0 aromatic heterocycles. The molecule has 0 aliphatic carbocycles. The Bertz CT molecular complexity index is 457. The number of hydrogen-bond donors (Lipinski definition) is 0. The highest BCUT2D eigenvalue weighted by Gasteiger charge is 2.24. The first-order valence-electron chi connectivity index (χ1n) is 4.24. The molecule has 7 heteroatoms. The van der Waals surface area contributed by atoms with Crippen LogP contribution in [0.1, 0.15) is 0 Å². The first kappa shape index (κ1) is 12.7. The standard InChI is InChI=1S/C9H11FO5S/c1-13-6-15-8-5-3-4-7(14-2)9(8)16(10,11)12/h3-5H,6H2,1-2H3. The van der Waals surface area contributed by atoms with Crippen molar-refractivity contribution in [3.63, 3.8) is 0 Å². The van der Waals surface area contributed by atoms with Gasteiger partial charge in [0.25, 0.3) is 0 Å². The van der Waals surface area contributed by atoms with Crippen molar-refractivity contribution in [1.82, 2.24) is 0 Å². The van der Waals surface area contributed by atoms with Crippen LogP contribution in [-0.2, 0) is 15.0 Å². The van der Waals surface area contributed by atoms with Crippen molar-refractivity contribution < 1.29 is 26.5 Å². The molecule has 0 fully saturated rings. The third-order valence-corrected chi connectivity index (χ3v) is 2.63. The van der Waals surface area contributed by atoms with E-state index in [0.29, 0.717) is 0 Å². The second-order valence-corrected chi connectivity index (χ2v) is 4.06. The Hall–Kier alpha value is -1.34. The Morgan fingerprint density at radius 2 is 1.88 bits per heavy atom. The molecule has 0 radical (unpaired) electrons. The van der Waals surface area contributed by atoms with E-state index in [-0.39, 0.29) is 18.3 Å². The molecule has 0 saturated heterocycles. The van der Waals surface area contributed by atoms with Gasteiger partial charge in [-0.15, -0.1) is 3.89 Å². The lowest BCUT2D eigenvalue weighted by Gasteiger charge is -2.10. The van der Waals surface area contributed by atoms with Gasteiger partial charge in [-0.1, -0.05) is 6.07 Å². The summed E-state index contributed by atoms with van der Waals surface area (Å²) in [6.45, 7) is -0.185. The quantitative estimate of drug-likeness (QED) is 0.583. The van der Waals surface area contributed by atoms with Crippen LogP contribution in [0.3, 0.4) is 0 Å². The van der Waals surface area contributed by atoms with Crippen molar-refractivity contribution in [2.75, 3.05) is 21.0 Å². The van der Waals surface area contributed by atoms with Crippen LogP contribution in [-0.4, -0.2) is 29.4 Å². The van der Waals surface area contributed by atoms with Crippen LogP contribution < -0.4 is 9.47 Å². The van der Waals surface area contributed by atoms with Crippen molar-refractivity contribution in [2.24, 2.45) is 0 Å². The molecular formula is C9H11FO5S. The Balaban J connectivity index is 3.27. The van der Waals surface area contributed by atoms with Gasteiger partial charge < -0.3 is 14.2 Å². The summed E-state index contributed by atoms with van der Waals surface area (Å²) in [5.74, 6) is -0.264. The van der Waals surface area contributed by atoms with Gasteiger partial charge in [-0.25, -0.2) is 0 Å². The summed E-state index contributed by atoms with van der Waals surface area (Å²) in [6.07, 6.45) is 0. The maximum Gasteiger partial charge on any atom is 0.339 e. The molecule has 0 unspecified atom stereocenters. The highest BCUT2D eigenvalue weighted by atomic mass is 32.3. The molecule has 0 amide bonds. The number of ether oxygens (including phenoxy) is 3. The van der Waals surface area contributed by atoms with E-state index < -0.39 is 15.1 Å². The highest BCUT2D eigenvalue weighted by molar-refractivity contribution is 7.86. The van der Waals surface area contributed by atoms with Gasteiger partial charge in [0.15, 0.2) is 11.7 Å². The van der Waals surface area contributed by atoms with Crippen LogP contribution in [0.2, 0.25) is 0 Å². The van der Waals surface area contributed by atoms with Crippen molar-refractivity contribution in [2.45, 2.75) is 4.90 Å². The van der Waals surface area contributed by atoms with Crippen molar-refractivity contribution in [3.05, 3.63) is 18.2 Å². The Labute approximate surface area is 93.0 Å². The molecule has 1 aromatic carbocycles. The minimum Gasteiger partial charge on any atom is -0.495 e. The van der Waals surface area contributed by atoms with E-state index in [2.05, 4.69) is 4.74 Å². The predicted molar refractivity (Wildman–Crippen MR) is 53.8 cm³/mol. The van der Waals surface area contributed by atoms with Gasteiger partial charge in [0.1, 0.15) is 11.5 Å². The van der Waals surface area contributed by atoms with Crippen LogP contribution in [0.15, 0.2) is 23.1 Å². The molecule has 0 spiro atoms. The van der Waals surface area contributed by atoms with Crippen LogP contribution >= 0.6 is 0 Å². The molecule has 0 aliphatic heterocycles. The lowest BCUT2D eigenvalue weighted by molar-refractivity contribution is 0.0487. The first-order valence-corrected chi connectivity index (χ1v) is 5.62. The average Bonchev–Trinajstić information content (AvgIpc) is 2.24. The van der Waals surface area contributed by atoms with E-state index in [9.17, 15) is 12.3 Å². The number of halogens is 1. The summed E-state index contributed by atoms with van der Waals surface area (Å²) in [6, 6.07) is 4.12. The third-order valence-electron chi connectivity index (χ3n) is 1.74. The van der Waals surface area contributed by atoms with Gasteiger partial charge in [0.05, 0.1) is 7.11 Å². The summed E-state index contributed by atoms with van der Waals surface area (Å²) in [5.41, 5.74) is 0. The van der Waals surface area contributed by atoms with Crippen LogP contribution in [0.4, 0.5) is 3.89 Å². The summed E-state index contributed by atoms with van der Waals surface area (Å²) < 4.78 is 49.2. The van der Waals surface area contributed by atoms with Gasteiger partial charge in [-0.05, 0) is 12.1 Å². The topological polar surface area (TPSA) is 61.8 Å². The molecule has 16 heavy (non-hydrogen) atoms. The van der Waals surface area contributed by atoms with E-state index in [0.717, 1.165) is 0 Å². The van der Waals surface area contributed by atoms with Gasteiger partial charge in [-0.2, -0.15) is 8.42 Å². The van der Waals surface area contributed by atoms with E-state index >= 15 is 0 Å². The average molecular weight is 250 g/mol. The summed E-state index contributed by atoms with van der Waals surface area (Å²) in [7, 11) is -2.31. The summed E-state index contributed by atoms with van der Waals surface area (Å²) >= 11 is 0. The number of benzene rings is 1. The second-order valence-electron chi connectivity index (χ2n) is 2.78. The fourth-order valence-electron chi connectivity index (χ4n) is 1.13. The fourth-order valence-corrected chi connectivity index (χ4v) is 1.89. The summed E-state index contributed by atoms with van der Waals surface area (Å²) in [5, 5.41) is 0. The highest BCUT2D eigenvalue weighted by Crippen LogP contribution is 2.34. The Morgan fingerprint density at radius 3 is 2.38 bits per heavy atom. The van der Waals surface area contributed by atoms with Gasteiger partial charge in [-0.3, -0.25) is 0 Å². The molecule has 0 N–H and O–H groups in total. The zero-order valence-corrected chi connectivity index (χ0v) is 9.58. The molecular weight excluding hydrogens is 239 g/mol. The molecule has 90 valence electrons. The van der Waals surface area contributed by atoms with E-state index in [1.165, 1.54) is 32.4 Å². The largest absolute Gasteiger partial charge is 0.495 e. The maximum atomic E-state index is 13.0. The first-order chi connectivity index (χ1) is 7.50. The number of rotatable bonds is 5. The van der Waals surface area contributed by atoms with E-state index in [1.807, 2.05) is 0 Å². The molecule has 0 atom stereocenters. The molecule has 1 rings (SSSR count). The second kappa shape index (κ2) is 5.13. The van der Waals surface area contributed by atoms with E-state index in [4.69, 9.17) is 9.47 Å². The monoisotopic (exact) mass is 250 g/mol. The zero-order chi connectivity index (χ0) is 12.2. The number of hydrogen-bond acceptors (Lipinski definition) is 5. The van der Waals surface area contributed by atoms with Gasteiger partial charge in [0.2, 0.25) is 0 Å². The fraction of sp³-hybridized carbons (Fsp3) is 0.333. The molecule has 0 saturated carbocycles. The molecule has 0 bridgehead atoms. The molecule has 5 nitrogen and oxygen atoms in total. The normalized spacial score (nSPS) is 11.2. The number of methoxy groups -OCH3 is 2. The van der Waals surface area contributed by atoms with Crippen LogP contribution in [0.25, 0.3) is 0 Å². The molecule has 1 aromatic rings. The van der Waals surface area contributed by atoms with Crippen LogP contribution in [0, 0.1) is 0 Å². The van der Waals surface area contributed by atoms with Crippen molar-refractivity contribution >= 4 is 10.2 Å². The molecule has 0 heterocycles. The minimum absolute atomic E-state index is 0.115. The molecule has 0 aliphatic rings.